The Kier molecular flexibility index (Phi) is 5.34. The first kappa shape index (κ1) is 23.4. The van der Waals surface area contributed by atoms with E-state index in [1.165, 1.54) is 7.11 Å². The molecule has 2 saturated carbocycles. The van der Waals surface area contributed by atoms with Crippen LogP contribution in [-0.4, -0.2) is 37.3 Å². The van der Waals surface area contributed by atoms with Crippen LogP contribution in [0.25, 0.3) is 0 Å². The number of amides is 1. The molecule has 1 aromatic heterocycles. The average molecular weight is 504 g/mol. The average Bonchev–Trinajstić information content (AvgIpc) is 3.42. The minimum atomic E-state index is -4.49. The number of hydrogen-bond donors (Lipinski definition) is 4. The second kappa shape index (κ2) is 8.24. The molecular weight excluding hydrogens is 475 g/mol. The monoisotopic (exact) mass is 503 g/mol. The lowest BCUT2D eigenvalue weighted by Crippen LogP contribution is -2.39. The molecule has 4 aliphatic rings. The molecule has 0 radical (unpaired) electrons. The zero-order valence-corrected chi connectivity index (χ0v) is 19.9. The smallest absolute Gasteiger partial charge is 0.418 e. The normalized spacial score (nSPS) is 32.6. The van der Waals surface area contributed by atoms with Gasteiger partial charge in [0, 0.05) is 23.8 Å². The van der Waals surface area contributed by atoms with Crippen LogP contribution in [0.1, 0.15) is 36.8 Å². The van der Waals surface area contributed by atoms with E-state index >= 15 is 0 Å². The van der Waals surface area contributed by atoms with Crippen LogP contribution in [0, 0.1) is 17.8 Å². The number of hydrazine groups is 1. The van der Waals surface area contributed by atoms with E-state index in [9.17, 15) is 18.0 Å². The number of ether oxygens (including phenoxy) is 2. The SMILES string of the molecule is COc1ccc2c(c1)[C@]1(C[C@H]1C1CCC3C(C1)NNC3Nc1ncc(C(F)(F)F)cc1OC)C(=O)N2. The number of nitrogens with zero attached hydrogens (tertiary/aromatic N) is 1. The summed E-state index contributed by atoms with van der Waals surface area (Å²) >= 11 is 0. The summed E-state index contributed by atoms with van der Waals surface area (Å²) in [5.74, 6) is 2.02. The van der Waals surface area contributed by atoms with E-state index in [1.54, 1.807) is 7.11 Å². The lowest BCUT2D eigenvalue weighted by atomic mass is 9.74. The second-order valence-electron chi connectivity index (χ2n) is 10.2. The van der Waals surface area contributed by atoms with E-state index in [1.807, 2.05) is 18.2 Å². The van der Waals surface area contributed by atoms with Gasteiger partial charge in [-0.2, -0.15) is 13.2 Å². The van der Waals surface area contributed by atoms with Crippen LogP contribution >= 0.6 is 0 Å². The van der Waals surface area contributed by atoms with Gasteiger partial charge in [-0.3, -0.25) is 10.2 Å². The Balaban J connectivity index is 1.14. The third kappa shape index (κ3) is 3.59. The summed E-state index contributed by atoms with van der Waals surface area (Å²) in [6, 6.07) is 6.89. The molecule has 1 aromatic carbocycles. The Morgan fingerprint density at radius 1 is 1.14 bits per heavy atom. The van der Waals surface area contributed by atoms with Crippen LogP contribution in [0.2, 0.25) is 0 Å². The number of anilines is 2. The Labute approximate surface area is 206 Å². The third-order valence-corrected chi connectivity index (χ3v) is 8.43. The maximum Gasteiger partial charge on any atom is 0.418 e. The first-order valence-corrected chi connectivity index (χ1v) is 12.1. The van der Waals surface area contributed by atoms with Crippen molar-refractivity contribution in [3.8, 4) is 11.5 Å². The zero-order chi connectivity index (χ0) is 25.2. The van der Waals surface area contributed by atoms with Crippen molar-refractivity contribution in [3.05, 3.63) is 41.6 Å². The van der Waals surface area contributed by atoms with Gasteiger partial charge in [-0.1, -0.05) is 0 Å². The number of halogens is 3. The van der Waals surface area contributed by atoms with Gasteiger partial charge in [0.15, 0.2) is 11.6 Å². The fourth-order valence-corrected chi connectivity index (χ4v) is 6.53. The molecule has 1 amide bonds. The van der Waals surface area contributed by atoms with Crippen molar-refractivity contribution in [2.45, 2.75) is 49.5 Å². The topological polar surface area (TPSA) is 96.5 Å². The van der Waals surface area contributed by atoms with Crippen LogP contribution < -0.4 is 31.0 Å². The molecule has 3 fully saturated rings. The molecule has 1 saturated heterocycles. The Morgan fingerprint density at radius 2 is 1.97 bits per heavy atom. The zero-order valence-electron chi connectivity index (χ0n) is 19.9. The van der Waals surface area contributed by atoms with Gasteiger partial charge in [-0.05, 0) is 67.3 Å². The van der Waals surface area contributed by atoms with Gasteiger partial charge in [-0.25, -0.2) is 10.4 Å². The van der Waals surface area contributed by atoms with Gasteiger partial charge in [0.1, 0.15) is 5.75 Å². The number of carbonyl (C=O) groups is 1. The minimum Gasteiger partial charge on any atom is -0.497 e. The number of pyridine rings is 1. The van der Waals surface area contributed by atoms with Gasteiger partial charge >= 0.3 is 6.18 Å². The minimum absolute atomic E-state index is 0.0463. The number of fused-ring (bicyclic) bond motifs is 3. The highest BCUT2D eigenvalue weighted by Gasteiger charge is 2.67. The number of aromatic nitrogens is 1. The molecule has 2 aliphatic carbocycles. The molecule has 6 atom stereocenters. The summed E-state index contributed by atoms with van der Waals surface area (Å²) in [4.78, 5) is 17.0. The molecule has 1 spiro atoms. The van der Waals surface area contributed by atoms with Crippen LogP contribution in [0.3, 0.4) is 0 Å². The molecule has 4 unspecified atom stereocenters. The van der Waals surface area contributed by atoms with Crippen LogP contribution in [0.4, 0.5) is 24.7 Å². The molecule has 3 heterocycles. The Morgan fingerprint density at radius 3 is 2.72 bits per heavy atom. The number of alkyl halides is 3. The highest BCUT2D eigenvalue weighted by Crippen LogP contribution is 2.65. The number of rotatable bonds is 5. The summed E-state index contributed by atoms with van der Waals surface area (Å²) in [5.41, 5.74) is 7.20. The molecule has 0 bridgehead atoms. The molecule has 2 aliphatic heterocycles. The lowest BCUT2D eigenvalue weighted by Gasteiger charge is -2.34. The maximum atomic E-state index is 13.1. The van der Waals surface area contributed by atoms with E-state index in [2.05, 4.69) is 26.5 Å². The number of methoxy groups -OCH3 is 2. The fourth-order valence-electron chi connectivity index (χ4n) is 6.53. The Bertz CT molecular complexity index is 1210. The molecule has 2 aromatic rings. The predicted octanol–water partition coefficient (Wildman–Crippen LogP) is 3.66. The quantitative estimate of drug-likeness (QED) is 0.495. The highest BCUT2D eigenvalue weighted by molar-refractivity contribution is 6.09. The van der Waals surface area contributed by atoms with Gasteiger partial charge < -0.3 is 20.1 Å². The standard InChI is InChI=1S/C25H28F3N5O3/c1-35-14-4-6-18-16(9-14)24(23(34)30-18)10-17(24)12-3-5-15-19(7-12)32-33-21(15)31-22-20(36-2)8-13(11-29-22)25(26,27)28/h4,6,8-9,11-12,15,17,19,21,32-33H,3,5,7,10H2,1-2H3,(H,29,31)(H,30,34)/t12?,15?,17-,19?,21?,24-/m0/s1. The van der Waals surface area contributed by atoms with Gasteiger partial charge in [-0.15, -0.1) is 0 Å². The summed E-state index contributed by atoms with van der Waals surface area (Å²) in [7, 11) is 2.96. The van der Waals surface area contributed by atoms with Crippen molar-refractivity contribution in [1.82, 2.24) is 15.8 Å². The van der Waals surface area contributed by atoms with Crippen LogP contribution in [0.15, 0.2) is 30.5 Å². The predicted molar refractivity (Wildman–Crippen MR) is 126 cm³/mol. The third-order valence-electron chi connectivity index (χ3n) is 8.43. The van der Waals surface area contributed by atoms with E-state index in [0.717, 1.165) is 54.9 Å². The van der Waals surface area contributed by atoms with Crippen molar-refractivity contribution in [3.63, 3.8) is 0 Å². The maximum absolute atomic E-state index is 13.1. The number of hydrogen-bond acceptors (Lipinski definition) is 7. The summed E-state index contributed by atoms with van der Waals surface area (Å²) < 4.78 is 49.7. The highest BCUT2D eigenvalue weighted by atomic mass is 19.4. The molecule has 6 rings (SSSR count). The molecular formula is C25H28F3N5O3. The van der Waals surface area contributed by atoms with Crippen LogP contribution in [-0.2, 0) is 16.4 Å². The van der Waals surface area contributed by atoms with Gasteiger partial charge in [0.2, 0.25) is 5.91 Å². The summed E-state index contributed by atoms with van der Waals surface area (Å²) in [5, 5.41) is 6.28. The molecule has 36 heavy (non-hydrogen) atoms. The Hall–Kier alpha value is -3.05. The van der Waals surface area contributed by atoms with Crippen molar-refractivity contribution < 1.29 is 27.4 Å². The largest absolute Gasteiger partial charge is 0.497 e. The van der Waals surface area contributed by atoms with Crippen molar-refractivity contribution in [2.75, 3.05) is 24.9 Å². The molecule has 8 nitrogen and oxygen atoms in total. The van der Waals surface area contributed by atoms with E-state index in [-0.39, 0.29) is 41.5 Å². The van der Waals surface area contributed by atoms with E-state index < -0.39 is 17.2 Å². The first-order valence-electron chi connectivity index (χ1n) is 12.1. The first-order chi connectivity index (χ1) is 17.2. The van der Waals surface area contributed by atoms with Crippen molar-refractivity contribution >= 4 is 17.4 Å². The van der Waals surface area contributed by atoms with E-state index in [0.29, 0.717) is 5.92 Å². The van der Waals surface area contributed by atoms with Gasteiger partial charge in [0.25, 0.3) is 0 Å². The number of nitrogens with one attached hydrogen (secondary N) is 4. The van der Waals surface area contributed by atoms with Crippen molar-refractivity contribution in [2.24, 2.45) is 17.8 Å². The number of carbonyl (C=O) groups excluding carboxylic acids is 1. The molecule has 192 valence electrons. The number of benzene rings is 1. The summed E-state index contributed by atoms with van der Waals surface area (Å²) in [6.45, 7) is 0. The molecule has 4 N–H and O–H groups in total. The fraction of sp³-hybridized carbons (Fsp3) is 0.520. The van der Waals surface area contributed by atoms with Gasteiger partial charge in [0.05, 0.1) is 31.4 Å². The van der Waals surface area contributed by atoms with Crippen LogP contribution in [0.5, 0.6) is 11.5 Å². The molecule has 11 heteroatoms. The van der Waals surface area contributed by atoms with Crippen molar-refractivity contribution in [1.29, 1.82) is 0 Å². The lowest BCUT2D eigenvalue weighted by molar-refractivity contribution is -0.137. The van der Waals surface area contributed by atoms with E-state index in [4.69, 9.17) is 9.47 Å². The summed E-state index contributed by atoms with van der Waals surface area (Å²) in [6.07, 6.45) is -0.253. The second-order valence-corrected chi connectivity index (χ2v) is 10.2.